The predicted molar refractivity (Wildman–Crippen MR) is 93.3 cm³/mol. The Hall–Kier alpha value is -2.10. The van der Waals surface area contributed by atoms with Crippen LogP contribution in [-0.4, -0.2) is 33.4 Å². The number of carbonyl (C=O) groups excluding carboxylic acids is 1. The fourth-order valence-corrected chi connectivity index (χ4v) is 3.45. The van der Waals surface area contributed by atoms with E-state index in [2.05, 4.69) is 41.3 Å². The number of fused-ring (bicyclic) bond motifs is 1. The standard InChI is InChI=1S/C19H25N3O/c1-4-5-15(3)19(23)21-10-8-16(9-11-21)22-13-20-17-7-6-14(2)12-18(17)22/h4,6-7,12-13,15-16H,1,5,8-11H2,2-3H3. The van der Waals surface area contributed by atoms with Gasteiger partial charge in [-0.05, 0) is 43.9 Å². The van der Waals surface area contributed by atoms with E-state index in [1.165, 1.54) is 11.1 Å². The largest absolute Gasteiger partial charge is 0.342 e. The molecule has 0 bridgehead atoms. The fourth-order valence-electron chi connectivity index (χ4n) is 3.45. The van der Waals surface area contributed by atoms with Gasteiger partial charge in [-0.1, -0.05) is 19.1 Å². The Bertz CT molecular complexity index is 710. The van der Waals surface area contributed by atoms with Gasteiger partial charge in [0.25, 0.3) is 0 Å². The Kier molecular flexibility index (Phi) is 4.51. The minimum Gasteiger partial charge on any atom is -0.342 e. The lowest BCUT2D eigenvalue weighted by Crippen LogP contribution is -2.41. The molecular formula is C19H25N3O. The molecule has 0 N–H and O–H groups in total. The summed E-state index contributed by atoms with van der Waals surface area (Å²) in [6.07, 6.45) is 6.52. The van der Waals surface area contributed by atoms with Crippen molar-refractivity contribution < 1.29 is 4.79 Å². The maximum Gasteiger partial charge on any atom is 0.225 e. The third-order valence-corrected chi connectivity index (χ3v) is 4.84. The summed E-state index contributed by atoms with van der Waals surface area (Å²) < 4.78 is 2.29. The van der Waals surface area contributed by atoms with E-state index in [1.54, 1.807) is 0 Å². The fraction of sp³-hybridized carbons (Fsp3) is 0.474. The second-order valence-electron chi connectivity index (χ2n) is 6.63. The minimum absolute atomic E-state index is 0.0424. The molecule has 1 amide bonds. The summed E-state index contributed by atoms with van der Waals surface area (Å²) >= 11 is 0. The molecule has 2 heterocycles. The first-order valence-electron chi connectivity index (χ1n) is 8.43. The summed E-state index contributed by atoms with van der Waals surface area (Å²) in [4.78, 5) is 18.9. The average Bonchev–Trinajstić information content (AvgIpc) is 2.97. The number of allylic oxidation sites excluding steroid dienone is 1. The van der Waals surface area contributed by atoms with Gasteiger partial charge in [-0.25, -0.2) is 4.98 Å². The molecule has 3 rings (SSSR count). The monoisotopic (exact) mass is 311 g/mol. The molecule has 1 aromatic heterocycles. The first-order chi connectivity index (χ1) is 11.1. The van der Waals surface area contributed by atoms with E-state index in [0.29, 0.717) is 6.04 Å². The number of aryl methyl sites for hydroxylation is 1. The number of hydrogen-bond acceptors (Lipinski definition) is 2. The second-order valence-corrected chi connectivity index (χ2v) is 6.63. The zero-order chi connectivity index (χ0) is 16.4. The summed E-state index contributed by atoms with van der Waals surface area (Å²) in [5, 5.41) is 0. The number of benzene rings is 1. The molecule has 0 aliphatic carbocycles. The van der Waals surface area contributed by atoms with Gasteiger partial charge in [0, 0.05) is 25.0 Å². The molecule has 1 aromatic carbocycles. The van der Waals surface area contributed by atoms with Gasteiger partial charge in [0.15, 0.2) is 0 Å². The van der Waals surface area contributed by atoms with Gasteiger partial charge in [0.1, 0.15) is 0 Å². The topological polar surface area (TPSA) is 38.1 Å². The molecule has 1 fully saturated rings. The van der Waals surface area contributed by atoms with E-state index in [0.717, 1.165) is 37.9 Å². The van der Waals surface area contributed by atoms with Crippen LogP contribution in [-0.2, 0) is 4.79 Å². The number of rotatable bonds is 4. The maximum absolute atomic E-state index is 12.4. The van der Waals surface area contributed by atoms with Gasteiger partial charge in [-0.2, -0.15) is 0 Å². The highest BCUT2D eigenvalue weighted by Gasteiger charge is 2.26. The van der Waals surface area contributed by atoms with Crippen molar-refractivity contribution in [1.29, 1.82) is 0 Å². The summed E-state index contributed by atoms with van der Waals surface area (Å²) in [5.74, 6) is 0.301. The van der Waals surface area contributed by atoms with E-state index in [-0.39, 0.29) is 11.8 Å². The van der Waals surface area contributed by atoms with Gasteiger partial charge in [0.2, 0.25) is 5.91 Å². The molecule has 2 aromatic rings. The SMILES string of the molecule is C=CCC(C)C(=O)N1CCC(n2cnc3ccc(C)cc32)CC1. The van der Waals surface area contributed by atoms with Gasteiger partial charge in [-0.3, -0.25) is 4.79 Å². The van der Waals surface area contributed by atoms with Crippen molar-refractivity contribution in [3.05, 3.63) is 42.7 Å². The highest BCUT2D eigenvalue weighted by atomic mass is 16.2. The van der Waals surface area contributed by atoms with Crippen LogP contribution in [0.4, 0.5) is 0 Å². The Morgan fingerprint density at radius 3 is 2.87 bits per heavy atom. The molecule has 1 unspecified atom stereocenters. The summed E-state index contributed by atoms with van der Waals surface area (Å²) in [7, 11) is 0. The average molecular weight is 311 g/mol. The van der Waals surface area contributed by atoms with E-state index in [9.17, 15) is 4.79 Å². The smallest absolute Gasteiger partial charge is 0.225 e. The van der Waals surface area contributed by atoms with Crippen LogP contribution in [0.2, 0.25) is 0 Å². The molecular weight excluding hydrogens is 286 g/mol. The molecule has 0 radical (unpaired) electrons. The lowest BCUT2D eigenvalue weighted by Gasteiger charge is -2.34. The first-order valence-corrected chi connectivity index (χ1v) is 8.43. The zero-order valence-corrected chi connectivity index (χ0v) is 14.0. The first kappa shape index (κ1) is 15.8. The van der Waals surface area contributed by atoms with Crippen LogP contribution >= 0.6 is 0 Å². The van der Waals surface area contributed by atoms with Crippen molar-refractivity contribution in [1.82, 2.24) is 14.5 Å². The van der Waals surface area contributed by atoms with Crippen molar-refractivity contribution in [2.24, 2.45) is 5.92 Å². The van der Waals surface area contributed by atoms with E-state index < -0.39 is 0 Å². The van der Waals surface area contributed by atoms with E-state index in [4.69, 9.17) is 0 Å². The summed E-state index contributed by atoms with van der Waals surface area (Å²) in [6, 6.07) is 6.81. The molecule has 1 saturated heterocycles. The van der Waals surface area contributed by atoms with Crippen molar-refractivity contribution in [2.45, 2.75) is 39.2 Å². The van der Waals surface area contributed by atoms with Crippen molar-refractivity contribution in [3.8, 4) is 0 Å². The van der Waals surface area contributed by atoms with Crippen LogP contribution in [0.1, 0.15) is 37.8 Å². The van der Waals surface area contributed by atoms with Crippen LogP contribution in [0.5, 0.6) is 0 Å². The minimum atomic E-state index is 0.0424. The van der Waals surface area contributed by atoms with Gasteiger partial charge < -0.3 is 9.47 Å². The number of aromatic nitrogens is 2. The lowest BCUT2D eigenvalue weighted by atomic mass is 10.0. The third kappa shape index (κ3) is 3.16. The van der Waals surface area contributed by atoms with Crippen LogP contribution in [0.3, 0.4) is 0 Å². The highest BCUT2D eigenvalue weighted by Crippen LogP contribution is 2.28. The lowest BCUT2D eigenvalue weighted by molar-refractivity contribution is -0.136. The predicted octanol–water partition coefficient (Wildman–Crippen LogP) is 3.72. The zero-order valence-electron chi connectivity index (χ0n) is 14.0. The molecule has 1 atom stereocenters. The molecule has 4 heteroatoms. The summed E-state index contributed by atoms with van der Waals surface area (Å²) in [6.45, 7) is 9.49. The Labute approximate surface area is 137 Å². The van der Waals surface area contributed by atoms with Crippen LogP contribution < -0.4 is 0 Å². The number of imidazole rings is 1. The molecule has 23 heavy (non-hydrogen) atoms. The number of piperidine rings is 1. The quantitative estimate of drug-likeness (QED) is 0.807. The number of hydrogen-bond donors (Lipinski definition) is 0. The molecule has 0 saturated carbocycles. The Morgan fingerprint density at radius 2 is 2.17 bits per heavy atom. The van der Waals surface area contributed by atoms with Crippen LogP contribution in [0, 0.1) is 12.8 Å². The molecule has 1 aliphatic heterocycles. The third-order valence-electron chi connectivity index (χ3n) is 4.84. The molecule has 1 aliphatic rings. The highest BCUT2D eigenvalue weighted by molar-refractivity contribution is 5.79. The van der Waals surface area contributed by atoms with Crippen LogP contribution in [0.15, 0.2) is 37.2 Å². The Morgan fingerprint density at radius 1 is 1.43 bits per heavy atom. The molecule has 122 valence electrons. The van der Waals surface area contributed by atoms with E-state index >= 15 is 0 Å². The van der Waals surface area contributed by atoms with Crippen LogP contribution in [0.25, 0.3) is 11.0 Å². The van der Waals surface area contributed by atoms with Crippen molar-refractivity contribution in [2.75, 3.05) is 13.1 Å². The number of carbonyl (C=O) groups is 1. The maximum atomic E-state index is 12.4. The normalized spacial score (nSPS) is 17.4. The Balaban J connectivity index is 1.70. The number of amides is 1. The number of nitrogens with zero attached hydrogens (tertiary/aromatic N) is 3. The van der Waals surface area contributed by atoms with Gasteiger partial charge in [-0.15, -0.1) is 6.58 Å². The van der Waals surface area contributed by atoms with Gasteiger partial charge in [0.05, 0.1) is 17.4 Å². The van der Waals surface area contributed by atoms with Crippen molar-refractivity contribution >= 4 is 16.9 Å². The second kappa shape index (κ2) is 6.57. The summed E-state index contributed by atoms with van der Waals surface area (Å²) in [5.41, 5.74) is 3.51. The number of likely N-dealkylation sites (tertiary alicyclic amines) is 1. The molecule has 4 nitrogen and oxygen atoms in total. The van der Waals surface area contributed by atoms with Gasteiger partial charge >= 0.3 is 0 Å². The van der Waals surface area contributed by atoms with Crippen molar-refractivity contribution in [3.63, 3.8) is 0 Å². The van der Waals surface area contributed by atoms with E-state index in [1.807, 2.05) is 24.2 Å². The molecule has 0 spiro atoms.